The maximum Gasteiger partial charge on any atom is 0.338 e. The number of esters is 1. The van der Waals surface area contributed by atoms with Crippen molar-refractivity contribution in [3.8, 4) is 0 Å². The Morgan fingerprint density at radius 3 is 2.42 bits per heavy atom. The van der Waals surface area contributed by atoms with Crippen LogP contribution in [0.1, 0.15) is 45.7 Å². The molecule has 3 N–H and O–H groups in total. The fourth-order valence-electron chi connectivity index (χ4n) is 3.77. The number of carbonyl (C=O) groups excluding carboxylic acids is 3. The van der Waals surface area contributed by atoms with Gasteiger partial charge in [0.05, 0.1) is 18.2 Å². The van der Waals surface area contributed by atoms with Crippen molar-refractivity contribution < 1.29 is 27.9 Å². The number of hydrogen-bond acceptors (Lipinski definition) is 4. The van der Waals surface area contributed by atoms with Crippen molar-refractivity contribution in [2.75, 3.05) is 23.8 Å². The number of allylic oxidation sites excluding steroid dienone is 1. The second kappa shape index (κ2) is 11.7. The van der Waals surface area contributed by atoms with Crippen LogP contribution in [0.4, 0.5) is 29.7 Å². The highest BCUT2D eigenvalue weighted by Gasteiger charge is 2.36. The molecule has 0 spiro atoms. The summed E-state index contributed by atoms with van der Waals surface area (Å²) in [6.07, 6.45) is 0.705. The lowest BCUT2D eigenvalue weighted by molar-refractivity contribution is -0.140. The predicted octanol–water partition coefficient (Wildman–Crippen LogP) is 5.56. The molecule has 1 unspecified atom stereocenters. The zero-order valence-electron chi connectivity index (χ0n) is 20.7. The van der Waals surface area contributed by atoms with Crippen LogP contribution >= 0.6 is 0 Å². The van der Waals surface area contributed by atoms with Crippen molar-refractivity contribution in [2.45, 2.75) is 40.2 Å². The molecule has 1 aliphatic heterocycles. The molecule has 0 bridgehead atoms. The molecule has 0 fully saturated rings. The van der Waals surface area contributed by atoms with Crippen LogP contribution in [0.5, 0.6) is 0 Å². The zero-order valence-corrected chi connectivity index (χ0v) is 20.7. The van der Waals surface area contributed by atoms with Crippen molar-refractivity contribution in [2.24, 2.45) is 5.92 Å². The Balaban J connectivity index is 1.86. The van der Waals surface area contributed by atoms with Gasteiger partial charge < -0.3 is 20.7 Å². The molecule has 0 radical (unpaired) electrons. The van der Waals surface area contributed by atoms with E-state index in [1.165, 1.54) is 11.0 Å². The lowest BCUT2D eigenvalue weighted by Crippen LogP contribution is -2.48. The van der Waals surface area contributed by atoms with Crippen LogP contribution in [-0.2, 0) is 9.53 Å². The Morgan fingerprint density at radius 2 is 1.78 bits per heavy atom. The van der Waals surface area contributed by atoms with E-state index in [0.29, 0.717) is 35.5 Å². The van der Waals surface area contributed by atoms with E-state index in [1.54, 1.807) is 31.2 Å². The molecule has 2 aromatic carbocycles. The highest BCUT2D eigenvalue weighted by atomic mass is 19.2. The molecule has 1 aliphatic rings. The maximum atomic E-state index is 13.4. The average molecular weight is 501 g/mol. The molecule has 36 heavy (non-hydrogen) atoms. The number of benzene rings is 2. The van der Waals surface area contributed by atoms with Gasteiger partial charge in [0.1, 0.15) is 0 Å². The number of ether oxygens (including phenoxy) is 1. The second-order valence-corrected chi connectivity index (χ2v) is 8.86. The van der Waals surface area contributed by atoms with E-state index in [4.69, 9.17) is 4.74 Å². The Hall–Kier alpha value is -3.95. The standard InChI is InChI=1S/C26H30F2N4O4/c1-5-11-32-16(4)22(24(33)36-14-15(2)3)23(31-26(32)35)17-7-6-8-18(12-17)29-25(34)30-19-9-10-20(27)21(28)13-19/h6-10,12-13,15,23H,5,11,14H2,1-4H3,(H,31,35)(H2,29,30,34). The third-order valence-electron chi connectivity index (χ3n) is 5.47. The maximum absolute atomic E-state index is 13.4. The largest absolute Gasteiger partial charge is 0.462 e. The van der Waals surface area contributed by atoms with Gasteiger partial charge in [-0.2, -0.15) is 0 Å². The van der Waals surface area contributed by atoms with Gasteiger partial charge in [0.2, 0.25) is 0 Å². The first-order valence-corrected chi connectivity index (χ1v) is 11.7. The molecule has 192 valence electrons. The zero-order chi connectivity index (χ0) is 26.4. The van der Waals surface area contributed by atoms with Crippen LogP contribution in [0.3, 0.4) is 0 Å². The first-order chi connectivity index (χ1) is 17.1. The Morgan fingerprint density at radius 1 is 1.08 bits per heavy atom. The number of rotatable bonds is 8. The van der Waals surface area contributed by atoms with E-state index >= 15 is 0 Å². The Kier molecular flexibility index (Phi) is 8.63. The summed E-state index contributed by atoms with van der Waals surface area (Å²) >= 11 is 0. The van der Waals surface area contributed by atoms with Gasteiger partial charge in [-0.3, -0.25) is 4.90 Å². The van der Waals surface area contributed by atoms with Gasteiger partial charge in [-0.25, -0.2) is 23.2 Å². The molecular formula is C26H30F2N4O4. The minimum atomic E-state index is -1.08. The SMILES string of the molecule is CCCN1C(=O)NC(c2cccc(NC(=O)Nc3ccc(F)c(F)c3)c2)C(C(=O)OCC(C)C)=C1C. The predicted molar refractivity (Wildman–Crippen MR) is 132 cm³/mol. The fourth-order valence-corrected chi connectivity index (χ4v) is 3.77. The molecule has 0 saturated heterocycles. The normalized spacial score (nSPS) is 15.6. The van der Waals surface area contributed by atoms with Crippen molar-refractivity contribution in [3.05, 3.63) is 70.9 Å². The molecule has 8 nitrogen and oxygen atoms in total. The van der Waals surface area contributed by atoms with Crippen LogP contribution in [0.15, 0.2) is 53.7 Å². The molecular weight excluding hydrogens is 470 g/mol. The van der Waals surface area contributed by atoms with Gasteiger partial charge in [-0.05, 0) is 49.1 Å². The van der Waals surface area contributed by atoms with Crippen molar-refractivity contribution >= 4 is 29.4 Å². The van der Waals surface area contributed by atoms with Crippen LogP contribution in [0, 0.1) is 17.6 Å². The van der Waals surface area contributed by atoms with Gasteiger partial charge in [-0.1, -0.05) is 32.9 Å². The Bertz CT molecular complexity index is 1180. The third-order valence-corrected chi connectivity index (χ3v) is 5.47. The highest BCUT2D eigenvalue weighted by molar-refractivity contribution is 6.00. The van der Waals surface area contributed by atoms with E-state index in [2.05, 4.69) is 16.0 Å². The van der Waals surface area contributed by atoms with Crippen LogP contribution < -0.4 is 16.0 Å². The van der Waals surface area contributed by atoms with Crippen molar-refractivity contribution in [3.63, 3.8) is 0 Å². The van der Waals surface area contributed by atoms with E-state index in [1.807, 2.05) is 20.8 Å². The van der Waals surface area contributed by atoms with E-state index in [0.717, 1.165) is 12.1 Å². The lowest BCUT2D eigenvalue weighted by atomic mass is 9.94. The fraction of sp³-hybridized carbons (Fsp3) is 0.346. The minimum Gasteiger partial charge on any atom is -0.462 e. The number of hydrogen-bond donors (Lipinski definition) is 3. The Labute approximate surface area is 208 Å². The minimum absolute atomic E-state index is 0.0758. The third kappa shape index (κ3) is 6.38. The van der Waals surface area contributed by atoms with E-state index in [-0.39, 0.29) is 24.2 Å². The smallest absolute Gasteiger partial charge is 0.338 e. The topological polar surface area (TPSA) is 99.8 Å². The monoisotopic (exact) mass is 500 g/mol. The van der Waals surface area contributed by atoms with Crippen LogP contribution in [0.25, 0.3) is 0 Å². The number of nitrogens with one attached hydrogen (secondary N) is 3. The number of urea groups is 2. The molecule has 4 amide bonds. The van der Waals surface area contributed by atoms with E-state index in [9.17, 15) is 23.2 Å². The first kappa shape index (κ1) is 26.7. The van der Waals surface area contributed by atoms with Crippen molar-refractivity contribution in [1.29, 1.82) is 0 Å². The quantitative estimate of drug-likeness (QED) is 0.413. The number of amides is 4. The summed E-state index contributed by atoms with van der Waals surface area (Å²) in [5, 5.41) is 7.92. The summed E-state index contributed by atoms with van der Waals surface area (Å²) < 4.78 is 32.1. The first-order valence-electron chi connectivity index (χ1n) is 11.7. The van der Waals surface area contributed by atoms with Gasteiger partial charge in [-0.15, -0.1) is 0 Å². The molecule has 2 aromatic rings. The summed E-state index contributed by atoms with van der Waals surface area (Å²) in [7, 11) is 0. The van der Waals surface area contributed by atoms with Gasteiger partial charge in [0.25, 0.3) is 0 Å². The molecule has 3 rings (SSSR count). The molecule has 10 heteroatoms. The van der Waals surface area contributed by atoms with Crippen LogP contribution in [-0.4, -0.2) is 36.1 Å². The van der Waals surface area contributed by atoms with Gasteiger partial charge in [0.15, 0.2) is 11.6 Å². The summed E-state index contributed by atoms with van der Waals surface area (Å²) in [6, 6.07) is 7.84. The number of carbonyl (C=O) groups is 3. The lowest BCUT2D eigenvalue weighted by Gasteiger charge is -2.35. The van der Waals surface area contributed by atoms with Crippen molar-refractivity contribution in [1.82, 2.24) is 10.2 Å². The molecule has 0 aromatic heterocycles. The average Bonchev–Trinajstić information content (AvgIpc) is 2.82. The molecule has 1 atom stereocenters. The summed E-state index contributed by atoms with van der Waals surface area (Å²) in [6.45, 7) is 8.18. The summed E-state index contributed by atoms with van der Waals surface area (Å²) in [5.74, 6) is -2.49. The second-order valence-electron chi connectivity index (χ2n) is 8.86. The summed E-state index contributed by atoms with van der Waals surface area (Å²) in [4.78, 5) is 39.8. The molecule has 1 heterocycles. The number of anilines is 2. The highest BCUT2D eigenvalue weighted by Crippen LogP contribution is 2.32. The summed E-state index contributed by atoms with van der Waals surface area (Å²) in [5.41, 5.74) is 1.82. The molecule has 0 saturated carbocycles. The van der Waals surface area contributed by atoms with Gasteiger partial charge >= 0.3 is 18.0 Å². The number of halogens is 2. The number of nitrogens with zero attached hydrogens (tertiary/aromatic N) is 1. The van der Waals surface area contributed by atoms with Gasteiger partial charge in [0, 0.05) is 29.7 Å². The molecule has 0 aliphatic carbocycles. The van der Waals surface area contributed by atoms with Crippen LogP contribution in [0.2, 0.25) is 0 Å². The van der Waals surface area contributed by atoms with E-state index < -0.39 is 29.7 Å².